The molecule has 1 N–H and O–H groups in total. The molecule has 2 fully saturated rings. The van der Waals surface area contributed by atoms with Crippen LogP contribution in [0.5, 0.6) is 0 Å². The first-order valence-electron chi connectivity index (χ1n) is 10.1. The van der Waals surface area contributed by atoms with Crippen LogP contribution in [0.25, 0.3) is 11.0 Å². The minimum absolute atomic E-state index is 0.178. The molecule has 0 unspecified atom stereocenters. The lowest BCUT2D eigenvalue weighted by Crippen LogP contribution is -2.49. The van der Waals surface area contributed by atoms with E-state index in [9.17, 15) is 8.42 Å². The van der Waals surface area contributed by atoms with E-state index in [1.807, 2.05) is 24.3 Å². The highest BCUT2D eigenvalue weighted by molar-refractivity contribution is 7.89. The Morgan fingerprint density at radius 1 is 1.03 bits per heavy atom. The van der Waals surface area contributed by atoms with Crippen LogP contribution in [0.1, 0.15) is 24.3 Å². The lowest BCUT2D eigenvalue weighted by Gasteiger charge is -2.35. The Morgan fingerprint density at radius 2 is 1.70 bits per heavy atom. The van der Waals surface area contributed by atoms with Gasteiger partial charge < -0.3 is 14.7 Å². The number of benzene rings is 1. The van der Waals surface area contributed by atoms with E-state index in [0.29, 0.717) is 43.7 Å². The molecular formula is C20H24N6O3S. The maximum Gasteiger partial charge on any atom is 0.248 e. The van der Waals surface area contributed by atoms with Crippen LogP contribution in [0.3, 0.4) is 0 Å². The monoisotopic (exact) mass is 428 g/mol. The van der Waals surface area contributed by atoms with Crippen LogP contribution in [-0.4, -0.2) is 60.1 Å². The first kappa shape index (κ1) is 19.3. The van der Waals surface area contributed by atoms with Gasteiger partial charge in [0.05, 0.1) is 11.0 Å². The molecule has 1 aliphatic carbocycles. The van der Waals surface area contributed by atoms with E-state index in [1.165, 1.54) is 4.31 Å². The lowest BCUT2D eigenvalue weighted by atomic mass is 10.3. The van der Waals surface area contributed by atoms with Crippen molar-refractivity contribution < 1.29 is 12.9 Å². The standard InChI is InChI=1S/C20H24N6O3S/c1-13-18(14(2)29-24-13)30(27,28)26-11-9-25(10-12-26)20-19(21-15-7-8-15)22-16-5-3-4-6-17(16)23-20/h3-6,15H,7-12H2,1-2H3,(H,21,22). The van der Waals surface area contributed by atoms with E-state index in [1.54, 1.807) is 13.8 Å². The molecule has 2 aromatic heterocycles. The smallest absolute Gasteiger partial charge is 0.248 e. The Kier molecular flexibility index (Phi) is 4.62. The molecule has 158 valence electrons. The van der Waals surface area contributed by atoms with Gasteiger partial charge in [0.1, 0.15) is 10.6 Å². The number of aromatic nitrogens is 3. The van der Waals surface area contributed by atoms with Crippen LogP contribution in [0, 0.1) is 13.8 Å². The van der Waals surface area contributed by atoms with Crippen LogP contribution in [0.4, 0.5) is 11.6 Å². The third-order valence-electron chi connectivity index (χ3n) is 5.57. The molecule has 9 nitrogen and oxygen atoms in total. The molecule has 1 saturated heterocycles. The number of para-hydroxylation sites is 2. The predicted octanol–water partition coefficient (Wildman–Crippen LogP) is 2.32. The molecule has 30 heavy (non-hydrogen) atoms. The summed E-state index contributed by atoms with van der Waals surface area (Å²) in [4.78, 5) is 11.9. The Bertz CT molecular complexity index is 1180. The minimum Gasteiger partial charge on any atom is -0.364 e. The quantitative estimate of drug-likeness (QED) is 0.660. The topological polar surface area (TPSA) is 104 Å². The Balaban J connectivity index is 1.41. The zero-order chi connectivity index (χ0) is 20.9. The van der Waals surface area contributed by atoms with Crippen LogP contribution in [0.15, 0.2) is 33.7 Å². The van der Waals surface area contributed by atoms with Crippen molar-refractivity contribution in [2.45, 2.75) is 37.6 Å². The Labute approximate surface area is 175 Å². The number of nitrogens with zero attached hydrogens (tertiary/aromatic N) is 5. The first-order valence-corrected chi connectivity index (χ1v) is 11.6. The van der Waals surface area contributed by atoms with Gasteiger partial charge in [0.2, 0.25) is 10.0 Å². The number of sulfonamides is 1. The van der Waals surface area contributed by atoms with Crippen molar-refractivity contribution in [2.24, 2.45) is 0 Å². The second-order valence-electron chi connectivity index (χ2n) is 7.85. The van der Waals surface area contributed by atoms with Crippen LogP contribution in [-0.2, 0) is 10.0 Å². The highest BCUT2D eigenvalue weighted by Crippen LogP contribution is 2.32. The fourth-order valence-corrected chi connectivity index (χ4v) is 5.55. The molecule has 0 amide bonds. The van der Waals surface area contributed by atoms with Gasteiger partial charge in [-0.1, -0.05) is 17.3 Å². The van der Waals surface area contributed by atoms with Gasteiger partial charge in [-0.05, 0) is 38.8 Å². The SMILES string of the molecule is Cc1noc(C)c1S(=O)(=O)N1CCN(c2nc3ccccc3nc2NC2CC2)CC1. The summed E-state index contributed by atoms with van der Waals surface area (Å²) in [5.74, 6) is 1.89. The zero-order valence-electron chi connectivity index (χ0n) is 17.0. The number of aryl methyl sites for hydroxylation is 2. The molecule has 2 aliphatic rings. The maximum atomic E-state index is 13.1. The Hall–Kier alpha value is -2.72. The summed E-state index contributed by atoms with van der Waals surface area (Å²) in [5.41, 5.74) is 2.08. The van der Waals surface area contributed by atoms with Crippen LogP contribution in [0.2, 0.25) is 0 Å². The van der Waals surface area contributed by atoms with Gasteiger partial charge in [0, 0.05) is 32.2 Å². The second-order valence-corrected chi connectivity index (χ2v) is 9.72. The number of piperazine rings is 1. The third kappa shape index (κ3) is 3.39. The number of fused-ring (bicyclic) bond motifs is 1. The number of nitrogens with one attached hydrogen (secondary N) is 1. The van der Waals surface area contributed by atoms with Gasteiger partial charge in [-0.2, -0.15) is 4.31 Å². The molecule has 10 heteroatoms. The number of anilines is 2. The van der Waals surface area contributed by atoms with Crippen molar-refractivity contribution >= 4 is 32.7 Å². The average molecular weight is 429 g/mol. The molecule has 0 radical (unpaired) electrons. The molecular weight excluding hydrogens is 404 g/mol. The summed E-state index contributed by atoms with van der Waals surface area (Å²) in [5, 5.41) is 7.28. The predicted molar refractivity (Wildman–Crippen MR) is 113 cm³/mol. The van der Waals surface area contributed by atoms with Crippen molar-refractivity contribution in [3.8, 4) is 0 Å². The fourth-order valence-electron chi connectivity index (χ4n) is 3.84. The van der Waals surface area contributed by atoms with Crippen LogP contribution >= 0.6 is 0 Å². The number of hydrogen-bond acceptors (Lipinski definition) is 8. The van der Waals surface area contributed by atoms with E-state index < -0.39 is 10.0 Å². The van der Waals surface area contributed by atoms with Crippen LogP contribution < -0.4 is 10.2 Å². The highest BCUT2D eigenvalue weighted by Gasteiger charge is 2.34. The lowest BCUT2D eigenvalue weighted by molar-refractivity contribution is 0.378. The van der Waals surface area contributed by atoms with Gasteiger partial charge in [0.15, 0.2) is 17.4 Å². The van der Waals surface area contributed by atoms with Crippen molar-refractivity contribution in [2.75, 3.05) is 36.4 Å². The largest absolute Gasteiger partial charge is 0.364 e. The molecule has 3 aromatic rings. The van der Waals surface area contributed by atoms with Gasteiger partial charge in [-0.25, -0.2) is 18.4 Å². The van der Waals surface area contributed by atoms with Gasteiger partial charge in [-0.3, -0.25) is 0 Å². The average Bonchev–Trinajstić information content (AvgIpc) is 3.49. The van der Waals surface area contributed by atoms with Crippen molar-refractivity contribution in [3.63, 3.8) is 0 Å². The van der Waals surface area contributed by atoms with E-state index in [4.69, 9.17) is 14.5 Å². The normalized spacial score (nSPS) is 18.1. The summed E-state index contributed by atoms with van der Waals surface area (Å²) in [6.07, 6.45) is 2.27. The molecule has 0 atom stereocenters. The molecule has 0 bridgehead atoms. The first-order chi connectivity index (χ1) is 14.4. The molecule has 1 aliphatic heterocycles. The van der Waals surface area contributed by atoms with Gasteiger partial charge in [-0.15, -0.1) is 0 Å². The third-order valence-corrected chi connectivity index (χ3v) is 7.72. The van der Waals surface area contributed by atoms with E-state index in [-0.39, 0.29) is 4.90 Å². The molecule has 5 rings (SSSR count). The molecule has 1 aromatic carbocycles. The van der Waals surface area contributed by atoms with E-state index in [2.05, 4.69) is 15.4 Å². The van der Waals surface area contributed by atoms with E-state index in [0.717, 1.165) is 35.5 Å². The number of hydrogen-bond donors (Lipinski definition) is 1. The highest BCUT2D eigenvalue weighted by atomic mass is 32.2. The minimum atomic E-state index is -3.64. The summed E-state index contributed by atoms with van der Waals surface area (Å²) >= 11 is 0. The van der Waals surface area contributed by atoms with Gasteiger partial charge >= 0.3 is 0 Å². The zero-order valence-corrected chi connectivity index (χ0v) is 17.8. The Morgan fingerprint density at radius 3 is 2.30 bits per heavy atom. The summed E-state index contributed by atoms with van der Waals surface area (Å²) in [7, 11) is -3.64. The van der Waals surface area contributed by atoms with Crippen molar-refractivity contribution in [1.82, 2.24) is 19.4 Å². The van der Waals surface area contributed by atoms with Crippen molar-refractivity contribution in [3.05, 3.63) is 35.7 Å². The fraction of sp³-hybridized carbons (Fsp3) is 0.450. The van der Waals surface area contributed by atoms with Crippen molar-refractivity contribution in [1.29, 1.82) is 0 Å². The molecule has 0 spiro atoms. The maximum absolute atomic E-state index is 13.1. The number of rotatable bonds is 5. The van der Waals surface area contributed by atoms with Gasteiger partial charge in [0.25, 0.3) is 0 Å². The summed E-state index contributed by atoms with van der Waals surface area (Å²) in [6, 6.07) is 8.25. The second kappa shape index (κ2) is 7.21. The molecule has 3 heterocycles. The summed E-state index contributed by atoms with van der Waals surface area (Å²) in [6.45, 7) is 5.08. The molecule has 1 saturated carbocycles. The van der Waals surface area contributed by atoms with E-state index >= 15 is 0 Å². The summed E-state index contributed by atoms with van der Waals surface area (Å²) < 4.78 is 32.8.